The van der Waals surface area contributed by atoms with Gasteiger partial charge in [0.2, 0.25) is 0 Å². The van der Waals surface area contributed by atoms with Gasteiger partial charge in [0.25, 0.3) is 0 Å². The van der Waals surface area contributed by atoms with Gasteiger partial charge in [0.15, 0.2) is 6.29 Å². The lowest BCUT2D eigenvalue weighted by Gasteiger charge is -2.28. The second-order valence-electron chi connectivity index (χ2n) is 2.54. The molecule has 11 heteroatoms. The zero-order valence-corrected chi connectivity index (χ0v) is 9.81. The van der Waals surface area contributed by atoms with Crippen LogP contribution in [0.15, 0.2) is 0 Å². The maximum Gasteiger partial charge on any atom is 0.360 e. The molecule has 15 heavy (non-hydrogen) atoms. The highest BCUT2D eigenvalue weighted by Gasteiger charge is 2.62. The summed E-state index contributed by atoms with van der Waals surface area (Å²) < 4.78 is 58.2. The number of halogens is 3. The monoisotopic (exact) mass is 364 g/mol. The van der Waals surface area contributed by atoms with Gasteiger partial charge in [-0.2, -0.15) is 17.2 Å². The molecular weight excluding hydrogens is 357 g/mol. The topological polar surface area (TPSA) is 124 Å². The fourth-order valence-corrected chi connectivity index (χ4v) is 1.21. The van der Waals surface area contributed by atoms with Gasteiger partial charge in [0, 0.05) is 0 Å². The summed E-state index contributed by atoms with van der Waals surface area (Å²) in [6.45, 7) is 0. The van der Waals surface area contributed by atoms with E-state index in [1.165, 1.54) is 0 Å². The van der Waals surface area contributed by atoms with Crippen molar-refractivity contribution in [3.8, 4) is 0 Å². The van der Waals surface area contributed by atoms with Crippen molar-refractivity contribution in [1.29, 1.82) is 0 Å². The molecule has 0 aromatic carbocycles. The Morgan fingerprint density at radius 1 is 1.40 bits per heavy atom. The van der Waals surface area contributed by atoms with Crippen molar-refractivity contribution in [3.05, 3.63) is 0 Å². The molecule has 0 saturated heterocycles. The van der Waals surface area contributed by atoms with Crippen LogP contribution in [0.3, 0.4) is 0 Å². The van der Waals surface area contributed by atoms with Crippen molar-refractivity contribution in [2.24, 2.45) is 0 Å². The van der Waals surface area contributed by atoms with Gasteiger partial charge >= 0.3 is 21.2 Å². The van der Waals surface area contributed by atoms with Crippen LogP contribution in [-0.2, 0) is 13.2 Å². The highest BCUT2D eigenvalue weighted by molar-refractivity contribution is 14.1. The number of aliphatic hydroxyl groups excluding tert-OH is 1. The quantitative estimate of drug-likeness (QED) is 0.287. The van der Waals surface area contributed by atoms with Crippen LogP contribution in [0.5, 0.6) is 0 Å². The molecule has 0 bridgehead atoms. The van der Waals surface area contributed by atoms with Crippen LogP contribution in [0.4, 0.5) is 8.78 Å². The first-order valence-electron chi connectivity index (χ1n) is 3.21. The molecule has 0 rings (SSSR count). The molecule has 0 aliphatic rings. The predicted molar refractivity (Wildman–Crippen MR) is 49.4 cm³/mol. The molecule has 4 N–H and O–H groups in total. The molecule has 7 nitrogen and oxygen atoms in total. The van der Waals surface area contributed by atoms with Crippen molar-refractivity contribution in [3.63, 3.8) is 0 Å². The van der Waals surface area contributed by atoms with E-state index in [0.29, 0.717) is 0 Å². The van der Waals surface area contributed by atoms with Gasteiger partial charge in [-0.3, -0.25) is 7.62 Å². The van der Waals surface area contributed by atoms with Crippen LogP contribution in [0.1, 0.15) is 6.42 Å². The molecule has 1 atom stereocenters. The lowest BCUT2D eigenvalue weighted by molar-refractivity contribution is -0.260. The van der Waals surface area contributed by atoms with Gasteiger partial charge in [-0.1, -0.05) is 0 Å². The Bertz CT molecular complexity index is 315. The zero-order valence-electron chi connectivity index (χ0n) is 6.84. The Morgan fingerprint density at radius 2 is 1.80 bits per heavy atom. The number of hydrogen-bond acceptors (Lipinski definition) is 6. The van der Waals surface area contributed by atoms with Gasteiger partial charge in [0.1, 0.15) is 23.0 Å². The normalized spacial score (nSPS) is 16.5. The molecule has 0 aromatic heterocycles. The first-order chi connectivity index (χ1) is 6.45. The van der Waals surface area contributed by atoms with Crippen LogP contribution in [-0.4, -0.2) is 45.6 Å². The Labute approximate surface area is 97.1 Å². The average molecular weight is 364 g/mol. The molecular formula is C4H7F2IO7S. The summed E-state index contributed by atoms with van der Waals surface area (Å²) in [7, 11) is -5.82. The lowest BCUT2D eigenvalue weighted by atomic mass is 10.2. The summed E-state index contributed by atoms with van der Waals surface area (Å²) in [5.41, 5.74) is 0. The third-order valence-electron chi connectivity index (χ3n) is 1.37. The van der Waals surface area contributed by atoms with E-state index in [4.69, 9.17) is 19.9 Å². The fraction of sp³-hybridized carbons (Fsp3) is 1.00. The fourth-order valence-electron chi connectivity index (χ4n) is 0.572. The summed E-state index contributed by atoms with van der Waals surface area (Å²) in [4.78, 5) is 0. The summed E-state index contributed by atoms with van der Waals surface area (Å²) >= 11 is 1.04. The summed E-state index contributed by atoms with van der Waals surface area (Å²) in [6.07, 6.45) is -3.84. The molecule has 92 valence electrons. The second-order valence-corrected chi connectivity index (χ2v) is 4.56. The van der Waals surface area contributed by atoms with Gasteiger partial charge in [-0.25, -0.2) is 0 Å². The summed E-state index contributed by atoms with van der Waals surface area (Å²) in [5.74, 6) is -4.70. The zero-order chi connectivity index (χ0) is 12.5. The second kappa shape index (κ2) is 4.68. The highest BCUT2D eigenvalue weighted by Crippen LogP contribution is 2.35. The van der Waals surface area contributed by atoms with E-state index in [0.717, 1.165) is 23.0 Å². The molecule has 0 fully saturated rings. The van der Waals surface area contributed by atoms with Crippen molar-refractivity contribution in [2.45, 2.75) is 23.8 Å². The van der Waals surface area contributed by atoms with Crippen molar-refractivity contribution in [1.82, 2.24) is 0 Å². The molecule has 0 saturated carbocycles. The molecule has 0 aliphatic carbocycles. The van der Waals surface area contributed by atoms with Crippen molar-refractivity contribution >= 4 is 33.1 Å². The number of hydrogen-bond donors (Lipinski definition) is 4. The maximum absolute atomic E-state index is 12.9. The maximum atomic E-state index is 12.9. The molecule has 0 aromatic rings. The molecule has 0 aliphatic heterocycles. The standard InChI is InChI=1S/C4H7F2IO7S/c5-3(6,1-2(8)14-7)4(9,10)15(11,12)13/h2,8-10H,1H2,(H,11,12,13). The molecule has 0 radical (unpaired) electrons. The van der Waals surface area contributed by atoms with Crippen LogP contribution >= 0.6 is 23.0 Å². The SMILES string of the molecule is O=S(=O)(O)C(O)(O)C(F)(F)CC(O)OI. The van der Waals surface area contributed by atoms with Gasteiger partial charge in [-0.05, 0) is 0 Å². The van der Waals surface area contributed by atoms with E-state index in [2.05, 4.69) is 3.07 Å². The van der Waals surface area contributed by atoms with Crippen LogP contribution in [0.25, 0.3) is 0 Å². The average Bonchev–Trinajstić information content (AvgIpc) is 2.00. The minimum atomic E-state index is -5.82. The van der Waals surface area contributed by atoms with E-state index >= 15 is 0 Å². The molecule has 0 amide bonds. The first kappa shape index (κ1) is 15.3. The van der Waals surface area contributed by atoms with Crippen LogP contribution in [0.2, 0.25) is 0 Å². The van der Waals surface area contributed by atoms with Crippen LogP contribution < -0.4 is 0 Å². The predicted octanol–water partition coefficient (Wildman–Crippen LogP) is -0.777. The molecule has 1 unspecified atom stereocenters. The van der Waals surface area contributed by atoms with Gasteiger partial charge < -0.3 is 15.3 Å². The van der Waals surface area contributed by atoms with Crippen LogP contribution in [0, 0.1) is 0 Å². The largest absolute Gasteiger partial charge is 0.367 e. The highest BCUT2D eigenvalue weighted by atomic mass is 127. The molecule has 0 spiro atoms. The number of aliphatic hydroxyl groups is 3. The van der Waals surface area contributed by atoms with Crippen molar-refractivity contribution in [2.75, 3.05) is 0 Å². The Kier molecular flexibility index (Phi) is 4.79. The van der Waals surface area contributed by atoms with E-state index in [1.807, 2.05) is 0 Å². The Balaban J connectivity index is 5.03. The van der Waals surface area contributed by atoms with E-state index in [9.17, 15) is 17.2 Å². The third kappa shape index (κ3) is 3.40. The van der Waals surface area contributed by atoms with Gasteiger partial charge in [0.05, 0.1) is 6.42 Å². The minimum Gasteiger partial charge on any atom is -0.367 e. The Hall–Kier alpha value is 0.340. The minimum absolute atomic E-state index is 1.04. The Morgan fingerprint density at radius 3 is 2.07 bits per heavy atom. The number of rotatable bonds is 5. The smallest absolute Gasteiger partial charge is 0.360 e. The van der Waals surface area contributed by atoms with Gasteiger partial charge in [-0.15, -0.1) is 0 Å². The van der Waals surface area contributed by atoms with Crippen molar-refractivity contribution < 1.29 is 40.1 Å². The first-order valence-corrected chi connectivity index (χ1v) is 5.53. The third-order valence-corrected chi connectivity index (χ3v) is 2.98. The number of alkyl halides is 2. The van der Waals surface area contributed by atoms with E-state index < -0.39 is 33.9 Å². The summed E-state index contributed by atoms with van der Waals surface area (Å²) in [6, 6.07) is 0. The van der Waals surface area contributed by atoms with E-state index in [1.54, 1.807) is 0 Å². The lowest BCUT2D eigenvalue weighted by Crippen LogP contribution is -2.55. The van der Waals surface area contributed by atoms with E-state index in [-0.39, 0.29) is 0 Å². The summed E-state index contributed by atoms with van der Waals surface area (Å²) in [5, 5.41) is 21.0. The molecule has 0 heterocycles.